The normalized spacial score (nSPS) is 13.3. The first-order chi connectivity index (χ1) is 7.64. The Morgan fingerprint density at radius 1 is 0.882 bits per heavy atom. The lowest BCUT2D eigenvalue weighted by molar-refractivity contribution is -0.143. The van der Waals surface area contributed by atoms with Crippen LogP contribution < -0.4 is 0 Å². The molecule has 1 rings (SSSR count). The zero-order valence-electron chi connectivity index (χ0n) is 7.97. The Hall–Kier alpha value is -1.73. The van der Waals surface area contributed by atoms with Crippen LogP contribution in [0.1, 0.15) is 16.7 Å². The van der Waals surface area contributed by atoms with Crippen LogP contribution in [-0.4, -0.2) is 11.4 Å². The van der Waals surface area contributed by atoms with E-state index in [1.54, 1.807) is 0 Å². The van der Waals surface area contributed by atoms with E-state index in [2.05, 4.69) is 5.16 Å². The molecule has 1 N–H and O–H groups in total. The van der Waals surface area contributed by atoms with Crippen molar-refractivity contribution in [2.24, 2.45) is 5.16 Å². The molecule has 0 unspecified atom stereocenters. The van der Waals surface area contributed by atoms with Gasteiger partial charge in [-0.15, -0.1) is 0 Å². The third-order valence-corrected chi connectivity index (χ3v) is 1.82. The molecule has 1 aromatic rings. The number of benzene rings is 1. The monoisotopic (exact) mass is 257 g/mol. The minimum Gasteiger partial charge on any atom is -0.411 e. The van der Waals surface area contributed by atoms with Gasteiger partial charge in [0.25, 0.3) is 0 Å². The molecule has 8 heteroatoms. The Morgan fingerprint density at radius 3 is 1.59 bits per heavy atom. The Balaban J connectivity index is 3.39. The molecular formula is C9H5F6NO. The van der Waals surface area contributed by atoms with Crippen LogP contribution in [0.5, 0.6) is 0 Å². The zero-order chi connectivity index (χ0) is 13.3. The molecule has 2 nitrogen and oxygen atoms in total. The van der Waals surface area contributed by atoms with E-state index in [1.807, 2.05) is 0 Å². The maximum Gasteiger partial charge on any atom is 0.416 e. The Bertz CT molecular complexity index is 402. The van der Waals surface area contributed by atoms with Crippen molar-refractivity contribution in [2.45, 2.75) is 12.4 Å². The summed E-state index contributed by atoms with van der Waals surface area (Å²) < 4.78 is 73.8. The summed E-state index contributed by atoms with van der Waals surface area (Å²) in [6, 6.07) is 0.901. The van der Waals surface area contributed by atoms with E-state index in [-0.39, 0.29) is 6.07 Å². The van der Waals surface area contributed by atoms with Gasteiger partial charge < -0.3 is 5.21 Å². The molecular weight excluding hydrogens is 252 g/mol. The number of hydrogen-bond acceptors (Lipinski definition) is 2. The second-order valence-electron chi connectivity index (χ2n) is 3.08. The van der Waals surface area contributed by atoms with Gasteiger partial charge >= 0.3 is 12.4 Å². The lowest BCUT2D eigenvalue weighted by Crippen LogP contribution is -2.11. The van der Waals surface area contributed by atoms with Gasteiger partial charge in [0.05, 0.1) is 17.3 Å². The van der Waals surface area contributed by atoms with Crippen molar-refractivity contribution in [2.75, 3.05) is 0 Å². The van der Waals surface area contributed by atoms with Crippen molar-refractivity contribution in [1.29, 1.82) is 0 Å². The second-order valence-corrected chi connectivity index (χ2v) is 3.08. The largest absolute Gasteiger partial charge is 0.416 e. The van der Waals surface area contributed by atoms with Gasteiger partial charge in [0.2, 0.25) is 0 Å². The van der Waals surface area contributed by atoms with Crippen molar-refractivity contribution < 1.29 is 31.5 Å². The molecule has 0 aliphatic heterocycles. The van der Waals surface area contributed by atoms with E-state index in [9.17, 15) is 26.3 Å². The number of halogens is 6. The summed E-state index contributed by atoms with van der Waals surface area (Å²) in [5.41, 5.74) is -3.40. The fourth-order valence-electron chi connectivity index (χ4n) is 1.12. The molecule has 0 atom stereocenters. The molecule has 0 spiro atoms. The summed E-state index contributed by atoms with van der Waals surface area (Å²) in [6.45, 7) is 0. The highest BCUT2D eigenvalue weighted by atomic mass is 19.4. The molecule has 0 amide bonds. The van der Waals surface area contributed by atoms with Crippen LogP contribution in [0, 0.1) is 0 Å². The highest BCUT2D eigenvalue weighted by Crippen LogP contribution is 2.35. The SMILES string of the molecule is ON=Cc1cc(C(F)(F)F)cc(C(F)(F)F)c1. The average Bonchev–Trinajstić information content (AvgIpc) is 2.15. The van der Waals surface area contributed by atoms with E-state index >= 15 is 0 Å². The predicted molar refractivity (Wildman–Crippen MR) is 45.8 cm³/mol. The first kappa shape index (κ1) is 13.3. The van der Waals surface area contributed by atoms with Crippen molar-refractivity contribution in [3.63, 3.8) is 0 Å². The lowest BCUT2D eigenvalue weighted by atomic mass is 10.1. The maximum absolute atomic E-state index is 12.3. The number of alkyl halides is 6. The first-order valence-corrected chi connectivity index (χ1v) is 4.11. The van der Waals surface area contributed by atoms with Crippen molar-refractivity contribution in [3.05, 3.63) is 34.9 Å². The summed E-state index contributed by atoms with van der Waals surface area (Å²) in [6.07, 6.45) is -9.32. The lowest BCUT2D eigenvalue weighted by Gasteiger charge is -2.12. The van der Waals surface area contributed by atoms with E-state index in [4.69, 9.17) is 5.21 Å². The van der Waals surface area contributed by atoms with Crippen molar-refractivity contribution >= 4 is 6.21 Å². The van der Waals surface area contributed by atoms with E-state index < -0.39 is 29.0 Å². The van der Waals surface area contributed by atoms with E-state index in [0.29, 0.717) is 18.3 Å². The molecule has 0 fully saturated rings. The number of nitrogens with zero attached hydrogens (tertiary/aromatic N) is 1. The summed E-state index contributed by atoms with van der Waals surface area (Å²) in [5, 5.41) is 10.5. The van der Waals surface area contributed by atoms with Gasteiger partial charge in [-0.2, -0.15) is 26.3 Å². The molecule has 0 aliphatic rings. The predicted octanol–water partition coefficient (Wildman–Crippen LogP) is 3.53. The molecule has 0 saturated carbocycles. The quantitative estimate of drug-likeness (QED) is 0.355. The van der Waals surface area contributed by atoms with Gasteiger partial charge in [-0.05, 0) is 23.8 Å². The van der Waals surface area contributed by atoms with Crippen LogP contribution >= 0.6 is 0 Å². The third-order valence-electron chi connectivity index (χ3n) is 1.82. The minimum absolute atomic E-state index is 0.00524. The van der Waals surface area contributed by atoms with E-state index in [0.717, 1.165) is 0 Å². The van der Waals surface area contributed by atoms with Gasteiger partial charge in [-0.3, -0.25) is 0 Å². The molecule has 0 radical (unpaired) electrons. The van der Waals surface area contributed by atoms with E-state index in [1.165, 1.54) is 0 Å². The fourth-order valence-corrected chi connectivity index (χ4v) is 1.12. The smallest absolute Gasteiger partial charge is 0.411 e. The molecule has 1 aromatic carbocycles. The highest BCUT2D eigenvalue weighted by Gasteiger charge is 2.36. The summed E-state index contributed by atoms with van der Waals surface area (Å²) in [7, 11) is 0. The highest BCUT2D eigenvalue weighted by molar-refractivity contribution is 5.79. The summed E-state index contributed by atoms with van der Waals surface area (Å²) >= 11 is 0. The van der Waals surface area contributed by atoms with Gasteiger partial charge in [0, 0.05) is 0 Å². The van der Waals surface area contributed by atoms with Crippen LogP contribution in [0.3, 0.4) is 0 Å². The summed E-state index contributed by atoms with van der Waals surface area (Å²) in [5.74, 6) is 0. The van der Waals surface area contributed by atoms with Gasteiger partial charge in [-0.25, -0.2) is 0 Å². The second kappa shape index (κ2) is 4.27. The van der Waals surface area contributed by atoms with Crippen molar-refractivity contribution in [1.82, 2.24) is 0 Å². The summed E-state index contributed by atoms with van der Waals surface area (Å²) in [4.78, 5) is 0. The molecule has 0 saturated heterocycles. The van der Waals surface area contributed by atoms with Crippen LogP contribution in [0.25, 0.3) is 0 Å². The molecule has 17 heavy (non-hydrogen) atoms. The number of oxime groups is 1. The molecule has 0 aliphatic carbocycles. The third kappa shape index (κ3) is 3.36. The number of rotatable bonds is 1. The van der Waals surface area contributed by atoms with Gasteiger partial charge in [0.15, 0.2) is 0 Å². The minimum atomic E-state index is -4.90. The maximum atomic E-state index is 12.3. The average molecular weight is 257 g/mol. The molecule has 0 aromatic heterocycles. The fraction of sp³-hybridized carbons (Fsp3) is 0.222. The Labute approximate surface area is 91.2 Å². The standard InChI is InChI=1S/C9H5F6NO/c10-8(11,12)6-1-5(4-16-17)2-7(3-6)9(13,14)15/h1-4,17H. The van der Waals surface area contributed by atoms with Gasteiger partial charge in [0.1, 0.15) is 0 Å². The van der Waals surface area contributed by atoms with Crippen molar-refractivity contribution in [3.8, 4) is 0 Å². The topological polar surface area (TPSA) is 32.6 Å². The molecule has 0 bridgehead atoms. The first-order valence-electron chi connectivity index (χ1n) is 4.11. The van der Waals surface area contributed by atoms with Crippen LogP contribution in [0.4, 0.5) is 26.3 Å². The Morgan fingerprint density at radius 2 is 1.29 bits per heavy atom. The van der Waals surface area contributed by atoms with Crippen LogP contribution in [0.2, 0.25) is 0 Å². The zero-order valence-corrected chi connectivity index (χ0v) is 7.97. The van der Waals surface area contributed by atoms with Crippen LogP contribution in [-0.2, 0) is 12.4 Å². The number of hydrogen-bond donors (Lipinski definition) is 1. The van der Waals surface area contributed by atoms with Gasteiger partial charge in [-0.1, -0.05) is 5.16 Å². The molecule has 94 valence electrons. The Kier molecular flexibility index (Phi) is 3.35. The van der Waals surface area contributed by atoms with Crippen LogP contribution in [0.15, 0.2) is 23.4 Å². The molecule has 0 heterocycles.